The maximum absolute atomic E-state index is 10.5. The van der Waals surface area contributed by atoms with E-state index in [9.17, 15) is 8.42 Å². The van der Waals surface area contributed by atoms with Crippen LogP contribution in [0.3, 0.4) is 0 Å². The molecule has 0 heterocycles. The molecule has 0 aliphatic heterocycles. The molecule has 0 amide bonds. The Balaban J connectivity index is 2.43. The van der Waals surface area contributed by atoms with Crippen LogP contribution in [-0.2, 0) is 16.6 Å². The van der Waals surface area contributed by atoms with Crippen LogP contribution >= 0.6 is 11.6 Å². The van der Waals surface area contributed by atoms with E-state index in [-0.39, 0.29) is 0 Å². The average molecular weight is 235 g/mol. The Labute approximate surface area is 88.3 Å². The number of benzene rings is 1. The molecule has 0 saturated carbocycles. The van der Waals surface area contributed by atoms with Gasteiger partial charge >= 0.3 is 0 Å². The molecular weight excluding hydrogens is 224 g/mol. The average Bonchev–Trinajstić information content (AvgIpc) is 2.06. The van der Waals surface area contributed by atoms with Crippen molar-refractivity contribution in [1.82, 2.24) is 4.72 Å². The highest BCUT2D eigenvalue weighted by molar-refractivity contribution is 7.87. The summed E-state index contributed by atoms with van der Waals surface area (Å²) in [6.45, 7) is 0.292. The lowest BCUT2D eigenvalue weighted by atomic mass is 10.2. The van der Waals surface area contributed by atoms with Crippen molar-refractivity contribution in [3.05, 3.63) is 34.9 Å². The minimum atomic E-state index is -3.58. The number of halogens is 1. The van der Waals surface area contributed by atoms with Crippen molar-refractivity contribution in [2.24, 2.45) is 5.14 Å². The van der Waals surface area contributed by atoms with Crippen LogP contribution < -0.4 is 9.86 Å². The molecule has 0 saturated heterocycles. The number of nitrogens with two attached hydrogens (primary N) is 1. The number of hydrogen-bond acceptors (Lipinski definition) is 2. The van der Waals surface area contributed by atoms with E-state index >= 15 is 0 Å². The van der Waals surface area contributed by atoms with Gasteiger partial charge in [-0.1, -0.05) is 23.7 Å². The summed E-state index contributed by atoms with van der Waals surface area (Å²) < 4.78 is 23.2. The topological polar surface area (TPSA) is 72.2 Å². The van der Waals surface area contributed by atoms with Crippen LogP contribution in [-0.4, -0.2) is 15.0 Å². The number of hydrogen-bond donors (Lipinski definition) is 2. The molecule has 0 unspecified atom stereocenters. The summed E-state index contributed by atoms with van der Waals surface area (Å²) in [6, 6.07) is 7.20. The predicted molar refractivity (Wildman–Crippen MR) is 56.3 cm³/mol. The molecule has 0 atom stereocenters. The van der Waals surface area contributed by atoms with Crippen molar-refractivity contribution >= 4 is 21.8 Å². The lowest BCUT2D eigenvalue weighted by molar-refractivity contribution is 0.583. The second-order valence-electron chi connectivity index (χ2n) is 2.82. The summed E-state index contributed by atoms with van der Waals surface area (Å²) in [6.07, 6.45) is 0.591. The van der Waals surface area contributed by atoms with Gasteiger partial charge in [0.2, 0.25) is 0 Å². The standard InChI is InChI=1S/C8H11ClN2O2S/c9-8-3-1-7(2-4-8)5-6-11-14(10,12)13/h1-4,11H,5-6H2,(H2,10,12,13). The summed E-state index contributed by atoms with van der Waals surface area (Å²) in [5.41, 5.74) is 1.01. The Kier molecular flexibility index (Phi) is 3.88. The first-order chi connectivity index (χ1) is 6.47. The third kappa shape index (κ3) is 4.57. The largest absolute Gasteiger partial charge is 0.274 e. The van der Waals surface area contributed by atoms with Gasteiger partial charge in [-0.25, -0.2) is 9.86 Å². The summed E-state index contributed by atoms with van der Waals surface area (Å²) in [4.78, 5) is 0. The maximum atomic E-state index is 10.5. The van der Waals surface area contributed by atoms with E-state index in [1.807, 2.05) is 12.1 Å². The first-order valence-electron chi connectivity index (χ1n) is 3.99. The molecule has 1 rings (SSSR count). The second kappa shape index (κ2) is 4.75. The van der Waals surface area contributed by atoms with E-state index in [0.717, 1.165) is 5.56 Å². The highest BCUT2D eigenvalue weighted by Gasteiger charge is 1.99. The van der Waals surface area contributed by atoms with Crippen LogP contribution in [0.4, 0.5) is 0 Å². The molecule has 6 heteroatoms. The van der Waals surface area contributed by atoms with Crippen LogP contribution in [0.1, 0.15) is 5.56 Å². The molecule has 1 aromatic carbocycles. The van der Waals surface area contributed by atoms with Crippen LogP contribution in [0.5, 0.6) is 0 Å². The molecule has 0 aliphatic carbocycles. The quantitative estimate of drug-likeness (QED) is 0.804. The van der Waals surface area contributed by atoms with E-state index < -0.39 is 10.2 Å². The fraction of sp³-hybridized carbons (Fsp3) is 0.250. The van der Waals surface area contributed by atoms with Gasteiger partial charge in [0, 0.05) is 11.6 Å². The van der Waals surface area contributed by atoms with Crippen molar-refractivity contribution in [2.45, 2.75) is 6.42 Å². The normalized spacial score (nSPS) is 11.6. The van der Waals surface area contributed by atoms with E-state index in [1.165, 1.54) is 0 Å². The molecule has 0 radical (unpaired) electrons. The predicted octanol–water partition coefficient (Wildman–Crippen LogP) is 0.676. The Morgan fingerprint density at radius 2 is 1.86 bits per heavy atom. The fourth-order valence-corrected chi connectivity index (χ4v) is 1.50. The summed E-state index contributed by atoms with van der Waals surface area (Å²) >= 11 is 5.69. The Morgan fingerprint density at radius 3 is 2.36 bits per heavy atom. The van der Waals surface area contributed by atoms with Gasteiger partial charge in [0.1, 0.15) is 0 Å². The molecule has 0 aromatic heterocycles. The highest BCUT2D eigenvalue weighted by Crippen LogP contribution is 2.09. The van der Waals surface area contributed by atoms with Crippen molar-refractivity contribution in [3.63, 3.8) is 0 Å². The Morgan fingerprint density at radius 1 is 1.29 bits per heavy atom. The molecule has 0 aliphatic rings. The molecule has 14 heavy (non-hydrogen) atoms. The van der Waals surface area contributed by atoms with Gasteiger partial charge in [-0.15, -0.1) is 0 Å². The van der Waals surface area contributed by atoms with Gasteiger partial charge in [0.15, 0.2) is 0 Å². The Hall–Kier alpha value is -0.620. The first kappa shape index (κ1) is 11.5. The smallest absolute Gasteiger partial charge is 0.216 e. The zero-order valence-corrected chi connectivity index (χ0v) is 8.98. The first-order valence-corrected chi connectivity index (χ1v) is 5.91. The third-order valence-corrected chi connectivity index (χ3v) is 2.49. The lowest BCUT2D eigenvalue weighted by Crippen LogP contribution is -2.32. The van der Waals surface area contributed by atoms with Gasteiger partial charge < -0.3 is 0 Å². The molecule has 3 N–H and O–H groups in total. The number of rotatable bonds is 4. The van der Waals surface area contributed by atoms with Crippen molar-refractivity contribution in [3.8, 4) is 0 Å². The van der Waals surface area contributed by atoms with E-state index in [0.29, 0.717) is 18.0 Å². The summed E-state index contributed by atoms with van der Waals surface area (Å²) in [5, 5.41) is 5.42. The van der Waals surface area contributed by atoms with Gasteiger partial charge in [-0.3, -0.25) is 0 Å². The third-order valence-electron chi connectivity index (χ3n) is 1.63. The van der Waals surface area contributed by atoms with Crippen LogP contribution in [0.15, 0.2) is 24.3 Å². The van der Waals surface area contributed by atoms with Crippen LogP contribution in [0.25, 0.3) is 0 Å². The van der Waals surface area contributed by atoms with E-state index in [2.05, 4.69) is 4.72 Å². The van der Waals surface area contributed by atoms with Crippen molar-refractivity contribution in [2.75, 3.05) is 6.54 Å². The zero-order valence-electron chi connectivity index (χ0n) is 7.40. The molecular formula is C8H11ClN2O2S. The molecule has 0 bridgehead atoms. The lowest BCUT2D eigenvalue weighted by Gasteiger charge is -2.02. The summed E-state index contributed by atoms with van der Waals surface area (Å²) in [5.74, 6) is 0. The van der Waals surface area contributed by atoms with E-state index in [4.69, 9.17) is 16.7 Å². The SMILES string of the molecule is NS(=O)(=O)NCCc1ccc(Cl)cc1. The molecule has 1 aromatic rings. The molecule has 0 fully saturated rings. The van der Waals surface area contributed by atoms with Crippen LogP contribution in [0.2, 0.25) is 5.02 Å². The maximum Gasteiger partial charge on any atom is 0.274 e. The molecule has 4 nitrogen and oxygen atoms in total. The van der Waals surface area contributed by atoms with Gasteiger partial charge in [-0.2, -0.15) is 8.42 Å². The molecule has 0 spiro atoms. The van der Waals surface area contributed by atoms with Crippen molar-refractivity contribution in [1.29, 1.82) is 0 Å². The summed E-state index contributed by atoms with van der Waals surface area (Å²) in [7, 11) is -3.58. The second-order valence-corrected chi connectivity index (χ2v) is 4.63. The zero-order chi connectivity index (χ0) is 10.6. The minimum absolute atomic E-state index is 0.292. The Bertz CT molecular complexity index is 388. The highest BCUT2D eigenvalue weighted by atomic mass is 35.5. The monoisotopic (exact) mass is 234 g/mol. The van der Waals surface area contributed by atoms with Gasteiger partial charge in [0.05, 0.1) is 0 Å². The van der Waals surface area contributed by atoms with Crippen molar-refractivity contribution < 1.29 is 8.42 Å². The number of nitrogens with one attached hydrogen (secondary N) is 1. The fourth-order valence-electron chi connectivity index (χ4n) is 0.989. The van der Waals surface area contributed by atoms with Gasteiger partial charge in [0.25, 0.3) is 10.2 Å². The molecule has 78 valence electrons. The minimum Gasteiger partial charge on any atom is -0.216 e. The van der Waals surface area contributed by atoms with Gasteiger partial charge in [-0.05, 0) is 24.1 Å². The van der Waals surface area contributed by atoms with Crippen LogP contribution in [0, 0.1) is 0 Å². The van der Waals surface area contributed by atoms with E-state index in [1.54, 1.807) is 12.1 Å².